The maximum atomic E-state index is 13.7. The van der Waals surface area contributed by atoms with Crippen LogP contribution in [0.25, 0.3) is 0 Å². The van der Waals surface area contributed by atoms with E-state index in [-0.39, 0.29) is 29.6 Å². The Hall–Kier alpha value is -2.95. The van der Waals surface area contributed by atoms with Gasteiger partial charge in [-0.05, 0) is 34.6 Å². The van der Waals surface area contributed by atoms with Crippen LogP contribution in [0.2, 0.25) is 0 Å². The average molecular weight is 403 g/mol. The van der Waals surface area contributed by atoms with Crippen molar-refractivity contribution < 1.29 is 19.1 Å². The number of hydrogen-bond donors (Lipinski definition) is 0. The Labute approximate surface area is 176 Å². The Bertz CT molecular complexity index is 943. The van der Waals surface area contributed by atoms with E-state index >= 15 is 0 Å². The summed E-state index contributed by atoms with van der Waals surface area (Å²) < 4.78 is 4.98. The van der Waals surface area contributed by atoms with Gasteiger partial charge in [0.1, 0.15) is 6.04 Å². The number of likely N-dealkylation sites (tertiary alicyclic amines) is 1. The third-order valence-corrected chi connectivity index (χ3v) is 6.96. The second-order valence-electron chi connectivity index (χ2n) is 8.98. The topological polar surface area (TPSA) is 63.7 Å². The zero-order chi connectivity index (χ0) is 21.2. The number of imide groups is 1. The van der Waals surface area contributed by atoms with Gasteiger partial charge < -0.3 is 4.74 Å². The van der Waals surface area contributed by atoms with Crippen LogP contribution < -0.4 is 0 Å². The molecule has 1 fully saturated rings. The molecule has 0 unspecified atom stereocenters. The number of benzene rings is 2. The molecule has 30 heavy (non-hydrogen) atoms. The molecule has 2 aromatic rings. The van der Waals surface area contributed by atoms with Crippen LogP contribution in [0.5, 0.6) is 0 Å². The van der Waals surface area contributed by atoms with Gasteiger partial charge in [-0.25, -0.2) is 4.79 Å². The molecule has 2 bridgehead atoms. The summed E-state index contributed by atoms with van der Waals surface area (Å²) in [4.78, 5) is 41.2. The van der Waals surface area contributed by atoms with Gasteiger partial charge in [0.2, 0.25) is 11.8 Å². The number of amides is 2. The van der Waals surface area contributed by atoms with Crippen LogP contribution in [0.4, 0.5) is 0 Å². The van der Waals surface area contributed by atoms with E-state index in [1.165, 1.54) is 12.0 Å². The van der Waals surface area contributed by atoms with Crippen LogP contribution in [-0.2, 0) is 19.1 Å². The van der Waals surface area contributed by atoms with Crippen molar-refractivity contribution in [1.29, 1.82) is 0 Å². The molecule has 3 aliphatic carbocycles. The molecule has 0 aromatic heterocycles. The summed E-state index contributed by atoms with van der Waals surface area (Å²) in [5.74, 6) is -2.11. The molecule has 0 saturated carbocycles. The van der Waals surface area contributed by atoms with E-state index in [2.05, 4.69) is 24.3 Å². The van der Waals surface area contributed by atoms with E-state index in [9.17, 15) is 14.4 Å². The molecule has 0 N–H and O–H groups in total. The van der Waals surface area contributed by atoms with Crippen molar-refractivity contribution in [2.75, 3.05) is 7.11 Å². The molecule has 4 aliphatic rings. The highest BCUT2D eigenvalue weighted by Gasteiger charge is 2.63. The predicted octanol–water partition coefficient (Wildman–Crippen LogP) is 3.47. The number of hydrogen-bond acceptors (Lipinski definition) is 4. The van der Waals surface area contributed by atoms with Gasteiger partial charge in [0.05, 0.1) is 18.9 Å². The summed E-state index contributed by atoms with van der Waals surface area (Å²) in [6.45, 7) is 3.95. The fourth-order valence-corrected chi connectivity index (χ4v) is 5.90. The maximum absolute atomic E-state index is 13.7. The van der Waals surface area contributed by atoms with Crippen molar-refractivity contribution >= 4 is 17.8 Å². The largest absolute Gasteiger partial charge is 0.467 e. The Balaban J connectivity index is 1.66. The minimum atomic E-state index is -0.869. The molecule has 3 atom stereocenters. The molecule has 2 aromatic carbocycles. The Morgan fingerprint density at radius 3 is 1.60 bits per heavy atom. The minimum Gasteiger partial charge on any atom is -0.467 e. The molecule has 2 amide bonds. The van der Waals surface area contributed by atoms with E-state index in [1.54, 1.807) is 0 Å². The smallest absolute Gasteiger partial charge is 0.329 e. The molecule has 0 spiro atoms. The van der Waals surface area contributed by atoms with Gasteiger partial charge >= 0.3 is 5.97 Å². The van der Waals surface area contributed by atoms with E-state index in [4.69, 9.17) is 4.74 Å². The van der Waals surface area contributed by atoms with Crippen LogP contribution >= 0.6 is 0 Å². The zero-order valence-corrected chi connectivity index (χ0v) is 17.4. The van der Waals surface area contributed by atoms with Gasteiger partial charge in [-0.2, -0.15) is 0 Å². The predicted molar refractivity (Wildman–Crippen MR) is 111 cm³/mol. The van der Waals surface area contributed by atoms with Gasteiger partial charge in [-0.1, -0.05) is 62.4 Å². The van der Waals surface area contributed by atoms with Crippen molar-refractivity contribution in [1.82, 2.24) is 4.90 Å². The molecule has 5 heteroatoms. The number of nitrogens with zero attached hydrogens (tertiary/aromatic N) is 1. The lowest BCUT2D eigenvalue weighted by Crippen LogP contribution is -2.47. The normalized spacial score (nSPS) is 27.0. The standard InChI is InChI=1S/C25H25NO4/c1-13(2)12-18(25(29)30-3)26-23(27)21-19-14-8-4-5-9-15(14)20(22(21)24(26)28)17-11-7-6-10-16(17)19/h4-11,13,18-22H,12H2,1-3H3/t18-,19?,20?,21+,22+/m0/s1. The van der Waals surface area contributed by atoms with E-state index in [0.717, 1.165) is 22.3 Å². The van der Waals surface area contributed by atoms with Gasteiger partial charge in [-0.3, -0.25) is 14.5 Å². The molecule has 6 rings (SSSR count). The molecular weight excluding hydrogens is 378 g/mol. The summed E-state index contributed by atoms with van der Waals surface area (Å²) in [6.07, 6.45) is 0.402. The Kier molecular flexibility index (Phi) is 4.31. The highest BCUT2D eigenvalue weighted by atomic mass is 16.5. The fraction of sp³-hybridized carbons (Fsp3) is 0.400. The lowest BCUT2D eigenvalue weighted by Gasteiger charge is -2.45. The lowest BCUT2D eigenvalue weighted by molar-refractivity contribution is -0.157. The number of esters is 1. The molecule has 1 saturated heterocycles. The first-order valence-corrected chi connectivity index (χ1v) is 10.6. The lowest BCUT2D eigenvalue weighted by atomic mass is 9.55. The highest BCUT2D eigenvalue weighted by Crippen LogP contribution is 2.61. The molecule has 1 aliphatic heterocycles. The summed E-state index contributed by atoms with van der Waals surface area (Å²) >= 11 is 0. The van der Waals surface area contributed by atoms with Gasteiger partial charge in [0.15, 0.2) is 0 Å². The number of methoxy groups -OCH3 is 1. The van der Waals surface area contributed by atoms with Gasteiger partial charge in [0, 0.05) is 11.8 Å². The monoisotopic (exact) mass is 403 g/mol. The molecular formula is C25H25NO4. The van der Waals surface area contributed by atoms with E-state index in [0.29, 0.717) is 6.42 Å². The van der Waals surface area contributed by atoms with Crippen molar-refractivity contribution in [3.63, 3.8) is 0 Å². The third kappa shape index (κ3) is 2.44. The molecule has 0 radical (unpaired) electrons. The first-order chi connectivity index (χ1) is 14.5. The SMILES string of the molecule is COC(=O)[C@H](CC(C)C)N1C(=O)[C@@H]2C3c4ccccc4C(c4ccccc43)[C@H]2C1=O. The Morgan fingerprint density at radius 2 is 1.27 bits per heavy atom. The first kappa shape index (κ1) is 19.0. The van der Waals surface area contributed by atoms with Crippen LogP contribution in [0.15, 0.2) is 48.5 Å². The van der Waals surface area contributed by atoms with E-state index < -0.39 is 23.8 Å². The zero-order valence-electron chi connectivity index (χ0n) is 17.4. The van der Waals surface area contributed by atoms with Gasteiger partial charge in [-0.15, -0.1) is 0 Å². The summed E-state index contributed by atoms with van der Waals surface area (Å²) in [5.41, 5.74) is 4.51. The van der Waals surface area contributed by atoms with Crippen molar-refractivity contribution in [3.05, 3.63) is 70.8 Å². The molecule has 1 heterocycles. The first-order valence-electron chi connectivity index (χ1n) is 10.6. The quantitative estimate of drug-likeness (QED) is 0.579. The average Bonchev–Trinajstić information content (AvgIpc) is 3.02. The third-order valence-electron chi connectivity index (χ3n) is 6.96. The van der Waals surface area contributed by atoms with Crippen LogP contribution in [0.1, 0.15) is 54.4 Å². The van der Waals surface area contributed by atoms with E-state index in [1.807, 2.05) is 38.1 Å². The number of rotatable bonds is 4. The summed E-state index contributed by atoms with van der Waals surface area (Å²) in [5, 5.41) is 0. The second-order valence-corrected chi connectivity index (χ2v) is 8.98. The summed E-state index contributed by atoms with van der Waals surface area (Å²) in [7, 11) is 1.31. The van der Waals surface area contributed by atoms with Crippen molar-refractivity contribution in [3.8, 4) is 0 Å². The highest BCUT2D eigenvalue weighted by molar-refractivity contribution is 6.10. The minimum absolute atomic E-state index is 0.142. The molecule has 5 nitrogen and oxygen atoms in total. The fourth-order valence-electron chi connectivity index (χ4n) is 5.90. The number of ether oxygens (including phenoxy) is 1. The number of carbonyl (C=O) groups is 3. The molecule has 154 valence electrons. The van der Waals surface area contributed by atoms with Crippen LogP contribution in [0.3, 0.4) is 0 Å². The van der Waals surface area contributed by atoms with Crippen LogP contribution in [-0.4, -0.2) is 35.8 Å². The van der Waals surface area contributed by atoms with Crippen molar-refractivity contribution in [2.24, 2.45) is 17.8 Å². The second kappa shape index (κ2) is 6.79. The Morgan fingerprint density at radius 1 is 0.867 bits per heavy atom. The van der Waals surface area contributed by atoms with Crippen molar-refractivity contribution in [2.45, 2.75) is 38.1 Å². The summed E-state index contributed by atoms with van der Waals surface area (Å²) in [6, 6.07) is 15.4. The van der Waals surface area contributed by atoms with Crippen LogP contribution in [0, 0.1) is 17.8 Å². The van der Waals surface area contributed by atoms with Gasteiger partial charge in [0.25, 0.3) is 0 Å². The number of carbonyl (C=O) groups excluding carboxylic acids is 3. The maximum Gasteiger partial charge on any atom is 0.329 e.